The highest BCUT2D eigenvalue weighted by Crippen LogP contribution is 2.14. The molecule has 0 heterocycles. The van der Waals surface area contributed by atoms with Gasteiger partial charge in [-0.2, -0.15) is 0 Å². The van der Waals surface area contributed by atoms with Crippen LogP contribution in [-0.4, -0.2) is 19.6 Å². The molecule has 2 N–H and O–H groups in total. The number of nitrogens with zero attached hydrogens (tertiary/aromatic N) is 1. The first kappa shape index (κ1) is 16.0. The molecule has 0 fully saturated rings. The Morgan fingerprint density at radius 2 is 1.58 bits per heavy atom. The second-order valence-corrected chi connectivity index (χ2v) is 5.18. The molecule has 108 valence electrons. The third-order valence-corrected chi connectivity index (χ3v) is 3.71. The van der Waals surface area contributed by atoms with E-state index in [-0.39, 0.29) is 0 Å². The number of hydrogen-bond acceptors (Lipinski definition) is 1. The van der Waals surface area contributed by atoms with Gasteiger partial charge in [0.15, 0.2) is 0 Å². The van der Waals surface area contributed by atoms with Crippen LogP contribution in [0.3, 0.4) is 0 Å². The number of unbranched alkanes of at least 4 members (excludes halogenated alkanes) is 3. The monoisotopic (exact) mass is 263 g/mol. The minimum absolute atomic E-state index is 1.08. The van der Waals surface area contributed by atoms with Gasteiger partial charge in [-0.3, -0.25) is 0 Å². The third-order valence-electron chi connectivity index (χ3n) is 3.71. The van der Waals surface area contributed by atoms with Crippen molar-refractivity contribution < 1.29 is 5.32 Å². The summed E-state index contributed by atoms with van der Waals surface area (Å²) in [5, 5.41) is 2.43. The second-order valence-electron chi connectivity index (χ2n) is 5.18. The van der Waals surface area contributed by atoms with Crippen molar-refractivity contribution in [2.45, 2.75) is 53.0 Å². The summed E-state index contributed by atoms with van der Waals surface area (Å²) in [5.41, 5.74) is 2.78. The van der Waals surface area contributed by atoms with Crippen molar-refractivity contribution in [1.82, 2.24) is 0 Å². The van der Waals surface area contributed by atoms with Crippen molar-refractivity contribution in [3.05, 3.63) is 29.8 Å². The molecule has 0 saturated carbocycles. The maximum absolute atomic E-state index is 2.43. The number of hydrogen-bond donors (Lipinski definition) is 1. The molecule has 0 atom stereocenters. The van der Waals surface area contributed by atoms with Crippen LogP contribution in [0.25, 0.3) is 0 Å². The fourth-order valence-electron chi connectivity index (χ4n) is 2.42. The van der Waals surface area contributed by atoms with Gasteiger partial charge in [-0.05, 0) is 38.8 Å². The SMILES string of the molecule is CCCCCC[NH2+]Cc1ccc(N(CC)CC)cc1. The fourth-order valence-corrected chi connectivity index (χ4v) is 2.42. The fraction of sp³-hybridized carbons (Fsp3) is 0.647. The number of nitrogens with two attached hydrogens (primary N) is 1. The number of quaternary nitrogens is 1. The highest BCUT2D eigenvalue weighted by atomic mass is 15.1. The summed E-state index contributed by atoms with van der Waals surface area (Å²) in [7, 11) is 0. The average Bonchev–Trinajstić information content (AvgIpc) is 2.45. The normalized spacial score (nSPS) is 10.7. The smallest absolute Gasteiger partial charge is 0.101 e. The first-order valence-electron chi connectivity index (χ1n) is 7.97. The Morgan fingerprint density at radius 1 is 0.895 bits per heavy atom. The van der Waals surface area contributed by atoms with Crippen LogP contribution >= 0.6 is 0 Å². The van der Waals surface area contributed by atoms with Gasteiger partial charge >= 0.3 is 0 Å². The minimum atomic E-state index is 1.08. The van der Waals surface area contributed by atoms with Gasteiger partial charge in [-0.25, -0.2) is 0 Å². The van der Waals surface area contributed by atoms with Crippen LogP contribution in [0.5, 0.6) is 0 Å². The first-order chi connectivity index (χ1) is 9.31. The maximum Gasteiger partial charge on any atom is 0.101 e. The Hall–Kier alpha value is -1.02. The standard InChI is InChI=1S/C17H30N2/c1-4-7-8-9-14-18-15-16-10-12-17(13-11-16)19(5-2)6-3/h10-13,18H,4-9,14-15H2,1-3H3/p+1. The minimum Gasteiger partial charge on any atom is -0.372 e. The van der Waals surface area contributed by atoms with E-state index in [1.165, 1.54) is 43.5 Å². The maximum atomic E-state index is 2.43. The Balaban J connectivity index is 2.28. The summed E-state index contributed by atoms with van der Waals surface area (Å²) in [4.78, 5) is 2.39. The summed E-state index contributed by atoms with van der Waals surface area (Å²) in [5.74, 6) is 0. The molecule has 0 bridgehead atoms. The van der Waals surface area contributed by atoms with E-state index in [4.69, 9.17) is 0 Å². The van der Waals surface area contributed by atoms with E-state index >= 15 is 0 Å². The van der Waals surface area contributed by atoms with Crippen molar-refractivity contribution >= 4 is 5.69 Å². The van der Waals surface area contributed by atoms with Crippen LogP contribution in [0, 0.1) is 0 Å². The second kappa shape index (κ2) is 9.85. The van der Waals surface area contributed by atoms with Gasteiger partial charge in [0.05, 0.1) is 6.54 Å². The van der Waals surface area contributed by atoms with Gasteiger partial charge < -0.3 is 10.2 Å². The average molecular weight is 263 g/mol. The van der Waals surface area contributed by atoms with Gasteiger partial charge in [0.2, 0.25) is 0 Å². The zero-order valence-electron chi connectivity index (χ0n) is 13.0. The Bertz CT molecular complexity index is 315. The molecule has 0 amide bonds. The topological polar surface area (TPSA) is 19.9 Å². The molecule has 2 nitrogen and oxygen atoms in total. The largest absolute Gasteiger partial charge is 0.372 e. The molecule has 19 heavy (non-hydrogen) atoms. The van der Waals surface area contributed by atoms with Gasteiger partial charge in [0.25, 0.3) is 0 Å². The molecule has 1 aromatic carbocycles. The van der Waals surface area contributed by atoms with Gasteiger partial charge in [-0.15, -0.1) is 0 Å². The summed E-state index contributed by atoms with van der Waals surface area (Å²) in [6.45, 7) is 11.2. The summed E-state index contributed by atoms with van der Waals surface area (Å²) in [6, 6.07) is 9.06. The lowest BCUT2D eigenvalue weighted by Crippen LogP contribution is -2.82. The van der Waals surface area contributed by atoms with Crippen LogP contribution in [0.4, 0.5) is 5.69 Å². The zero-order valence-corrected chi connectivity index (χ0v) is 13.0. The Morgan fingerprint density at radius 3 is 2.16 bits per heavy atom. The molecule has 0 spiro atoms. The van der Waals surface area contributed by atoms with E-state index in [0.717, 1.165) is 19.6 Å². The lowest BCUT2D eigenvalue weighted by Gasteiger charge is -2.21. The first-order valence-corrected chi connectivity index (χ1v) is 7.97. The molecule has 0 aliphatic heterocycles. The van der Waals surface area contributed by atoms with Crippen molar-refractivity contribution in [3.63, 3.8) is 0 Å². The molecule has 1 aromatic rings. The molecule has 0 saturated heterocycles. The highest BCUT2D eigenvalue weighted by molar-refractivity contribution is 5.47. The Labute approximate surface area is 119 Å². The molecule has 0 unspecified atom stereocenters. The highest BCUT2D eigenvalue weighted by Gasteiger charge is 2.02. The lowest BCUT2D eigenvalue weighted by molar-refractivity contribution is -0.671. The van der Waals surface area contributed by atoms with E-state index in [0.29, 0.717) is 0 Å². The molecular weight excluding hydrogens is 232 g/mol. The lowest BCUT2D eigenvalue weighted by atomic mass is 10.2. The van der Waals surface area contributed by atoms with E-state index in [1.807, 2.05) is 0 Å². The van der Waals surface area contributed by atoms with Crippen LogP contribution in [0.1, 0.15) is 52.0 Å². The van der Waals surface area contributed by atoms with E-state index in [9.17, 15) is 0 Å². The number of rotatable bonds is 10. The van der Waals surface area contributed by atoms with Crippen molar-refractivity contribution in [3.8, 4) is 0 Å². The summed E-state index contributed by atoms with van der Waals surface area (Å²) < 4.78 is 0. The predicted molar refractivity (Wildman–Crippen MR) is 84.6 cm³/mol. The van der Waals surface area contributed by atoms with Gasteiger partial charge in [0.1, 0.15) is 6.54 Å². The molecule has 0 aliphatic carbocycles. The van der Waals surface area contributed by atoms with Crippen molar-refractivity contribution in [1.29, 1.82) is 0 Å². The van der Waals surface area contributed by atoms with Crippen LogP contribution in [0.2, 0.25) is 0 Å². The van der Waals surface area contributed by atoms with Crippen LogP contribution in [0.15, 0.2) is 24.3 Å². The van der Waals surface area contributed by atoms with E-state index in [1.54, 1.807) is 0 Å². The molecule has 0 aromatic heterocycles. The molecule has 2 heteroatoms. The van der Waals surface area contributed by atoms with E-state index < -0.39 is 0 Å². The molecular formula is C17H31N2+. The van der Waals surface area contributed by atoms with Crippen molar-refractivity contribution in [2.75, 3.05) is 24.5 Å². The Kier molecular flexibility index (Phi) is 8.31. The van der Waals surface area contributed by atoms with Gasteiger partial charge in [0, 0.05) is 24.3 Å². The molecule has 0 radical (unpaired) electrons. The summed E-state index contributed by atoms with van der Waals surface area (Å²) in [6.07, 6.45) is 5.44. The summed E-state index contributed by atoms with van der Waals surface area (Å²) >= 11 is 0. The number of benzene rings is 1. The quantitative estimate of drug-likeness (QED) is 0.643. The molecule has 0 aliphatic rings. The number of anilines is 1. The van der Waals surface area contributed by atoms with Crippen LogP contribution in [-0.2, 0) is 6.54 Å². The third kappa shape index (κ3) is 6.11. The van der Waals surface area contributed by atoms with Gasteiger partial charge in [-0.1, -0.05) is 31.9 Å². The molecule has 1 rings (SSSR count). The van der Waals surface area contributed by atoms with E-state index in [2.05, 4.69) is 55.3 Å². The van der Waals surface area contributed by atoms with Crippen LogP contribution < -0.4 is 10.2 Å². The van der Waals surface area contributed by atoms with Crippen molar-refractivity contribution in [2.24, 2.45) is 0 Å². The zero-order chi connectivity index (χ0) is 13.9. The predicted octanol–water partition coefficient (Wildman–Crippen LogP) is 3.18.